The molecule has 0 bridgehead atoms. The number of aromatic amines is 2. The molecule has 5 N–H and O–H groups in total. The number of anilines is 3. The summed E-state index contributed by atoms with van der Waals surface area (Å²) >= 11 is 0. The number of carbonyl (C=O) groups is 2. The highest BCUT2D eigenvalue weighted by Crippen LogP contribution is 2.16. The van der Waals surface area contributed by atoms with Crippen LogP contribution in [0.3, 0.4) is 0 Å². The molecular formula is C16H15N5O3. The summed E-state index contributed by atoms with van der Waals surface area (Å²) < 4.78 is 0. The second-order valence-electron chi connectivity index (χ2n) is 5.18. The Labute approximate surface area is 136 Å². The zero-order valence-corrected chi connectivity index (χ0v) is 12.8. The minimum absolute atomic E-state index is 0.161. The molecule has 122 valence electrons. The van der Waals surface area contributed by atoms with Crippen LogP contribution in [0.1, 0.15) is 6.92 Å². The van der Waals surface area contributed by atoms with Gasteiger partial charge in [-0.25, -0.2) is 9.59 Å². The lowest BCUT2D eigenvalue weighted by Crippen LogP contribution is -2.19. The first-order chi connectivity index (χ1) is 11.5. The van der Waals surface area contributed by atoms with E-state index in [1.54, 1.807) is 42.5 Å². The van der Waals surface area contributed by atoms with Crippen LogP contribution < -0.4 is 21.6 Å². The third-order valence-corrected chi connectivity index (χ3v) is 3.24. The van der Waals surface area contributed by atoms with Crippen molar-refractivity contribution in [2.45, 2.75) is 6.92 Å². The summed E-state index contributed by atoms with van der Waals surface area (Å²) in [5, 5.41) is 8.01. The number of hydrogen-bond acceptors (Lipinski definition) is 3. The van der Waals surface area contributed by atoms with Crippen LogP contribution in [0.4, 0.5) is 21.9 Å². The molecular weight excluding hydrogens is 310 g/mol. The van der Waals surface area contributed by atoms with Crippen molar-refractivity contribution in [3.05, 3.63) is 52.9 Å². The second-order valence-corrected chi connectivity index (χ2v) is 5.18. The van der Waals surface area contributed by atoms with E-state index in [4.69, 9.17) is 0 Å². The maximum absolute atomic E-state index is 12.0. The van der Waals surface area contributed by atoms with E-state index in [0.29, 0.717) is 28.1 Å². The molecule has 3 aromatic rings. The van der Waals surface area contributed by atoms with Gasteiger partial charge in [-0.05, 0) is 42.5 Å². The van der Waals surface area contributed by atoms with Crippen LogP contribution in [0.15, 0.2) is 47.3 Å². The molecule has 0 aliphatic carbocycles. The van der Waals surface area contributed by atoms with Gasteiger partial charge in [-0.15, -0.1) is 0 Å². The number of imidazole rings is 1. The predicted molar refractivity (Wildman–Crippen MR) is 92.3 cm³/mol. The van der Waals surface area contributed by atoms with E-state index in [1.807, 2.05) is 0 Å². The van der Waals surface area contributed by atoms with Crippen LogP contribution in [0, 0.1) is 0 Å². The third kappa shape index (κ3) is 3.61. The second kappa shape index (κ2) is 6.29. The fraction of sp³-hybridized carbons (Fsp3) is 0.0625. The lowest BCUT2D eigenvalue weighted by Gasteiger charge is -2.08. The zero-order chi connectivity index (χ0) is 17.1. The molecule has 0 unspecified atom stereocenters. The molecule has 2 aromatic carbocycles. The van der Waals surface area contributed by atoms with Crippen molar-refractivity contribution in [2.75, 3.05) is 16.0 Å². The summed E-state index contributed by atoms with van der Waals surface area (Å²) in [7, 11) is 0. The van der Waals surface area contributed by atoms with Gasteiger partial charge in [-0.3, -0.25) is 4.79 Å². The Hall–Kier alpha value is -3.55. The van der Waals surface area contributed by atoms with E-state index in [9.17, 15) is 14.4 Å². The van der Waals surface area contributed by atoms with Crippen LogP contribution in [-0.2, 0) is 4.79 Å². The van der Waals surface area contributed by atoms with E-state index in [1.165, 1.54) is 6.92 Å². The summed E-state index contributed by atoms with van der Waals surface area (Å²) in [5.41, 5.74) is 2.75. The Bertz CT molecular complexity index is 956. The van der Waals surface area contributed by atoms with Gasteiger partial charge in [0.25, 0.3) is 0 Å². The molecule has 3 rings (SSSR count). The van der Waals surface area contributed by atoms with Crippen LogP contribution in [0.25, 0.3) is 11.0 Å². The Morgan fingerprint density at radius 2 is 1.33 bits per heavy atom. The number of aromatic nitrogens is 2. The quantitative estimate of drug-likeness (QED) is 0.509. The average Bonchev–Trinajstić information content (AvgIpc) is 2.88. The van der Waals surface area contributed by atoms with Crippen molar-refractivity contribution in [3.8, 4) is 0 Å². The smallest absolute Gasteiger partial charge is 0.323 e. The third-order valence-electron chi connectivity index (χ3n) is 3.24. The SMILES string of the molecule is CC(=O)Nc1ccc(NC(=O)Nc2ccc3[nH]c(=O)[nH]c3c2)cc1. The van der Waals surface area contributed by atoms with E-state index in [0.717, 1.165) is 0 Å². The lowest BCUT2D eigenvalue weighted by molar-refractivity contribution is -0.114. The van der Waals surface area contributed by atoms with Gasteiger partial charge in [-0.1, -0.05) is 0 Å². The van der Waals surface area contributed by atoms with Gasteiger partial charge in [0.05, 0.1) is 11.0 Å². The monoisotopic (exact) mass is 325 g/mol. The Morgan fingerprint density at radius 3 is 2.00 bits per heavy atom. The van der Waals surface area contributed by atoms with Gasteiger partial charge in [0.1, 0.15) is 0 Å². The van der Waals surface area contributed by atoms with Crippen molar-refractivity contribution in [3.63, 3.8) is 0 Å². The van der Waals surface area contributed by atoms with Gasteiger partial charge < -0.3 is 25.9 Å². The molecule has 3 amide bonds. The van der Waals surface area contributed by atoms with E-state index in [-0.39, 0.29) is 11.6 Å². The number of H-pyrrole nitrogens is 2. The molecule has 0 saturated heterocycles. The van der Waals surface area contributed by atoms with Crippen LogP contribution in [-0.4, -0.2) is 21.9 Å². The molecule has 0 atom stereocenters. The molecule has 0 radical (unpaired) electrons. The number of fused-ring (bicyclic) bond motifs is 1. The Morgan fingerprint density at radius 1 is 0.792 bits per heavy atom. The van der Waals surface area contributed by atoms with Gasteiger partial charge in [0, 0.05) is 24.0 Å². The standard InChI is InChI=1S/C16H15N5O3/c1-9(22)17-10-2-4-11(5-3-10)18-15(23)19-12-6-7-13-14(8-12)21-16(24)20-13/h2-8H,1H3,(H,17,22)(H2,18,19,23)(H2,20,21,24). The predicted octanol–water partition coefficient (Wildman–Crippen LogP) is 2.46. The van der Waals surface area contributed by atoms with Crippen molar-refractivity contribution in [2.24, 2.45) is 0 Å². The molecule has 0 saturated carbocycles. The molecule has 0 aliphatic rings. The summed E-state index contributed by atoms with van der Waals surface area (Å²) in [6.07, 6.45) is 0. The first kappa shape index (κ1) is 15.3. The van der Waals surface area contributed by atoms with Gasteiger partial charge in [0.2, 0.25) is 5.91 Å². The highest BCUT2D eigenvalue weighted by atomic mass is 16.2. The molecule has 0 spiro atoms. The molecule has 0 fully saturated rings. The molecule has 8 nitrogen and oxygen atoms in total. The summed E-state index contributed by atoms with van der Waals surface area (Å²) in [4.78, 5) is 39.4. The van der Waals surface area contributed by atoms with Crippen molar-refractivity contribution >= 4 is 40.0 Å². The summed E-state index contributed by atoms with van der Waals surface area (Å²) in [6.45, 7) is 1.42. The van der Waals surface area contributed by atoms with Crippen LogP contribution in [0.2, 0.25) is 0 Å². The highest BCUT2D eigenvalue weighted by molar-refractivity contribution is 6.01. The first-order valence-corrected chi connectivity index (χ1v) is 7.17. The van der Waals surface area contributed by atoms with Crippen molar-refractivity contribution in [1.29, 1.82) is 0 Å². The Balaban J connectivity index is 1.65. The maximum Gasteiger partial charge on any atom is 0.323 e. The van der Waals surface area contributed by atoms with Crippen LogP contribution in [0.5, 0.6) is 0 Å². The molecule has 1 heterocycles. The molecule has 1 aromatic heterocycles. The van der Waals surface area contributed by atoms with Gasteiger partial charge >= 0.3 is 11.7 Å². The number of hydrogen-bond donors (Lipinski definition) is 5. The fourth-order valence-corrected chi connectivity index (χ4v) is 2.24. The van der Waals surface area contributed by atoms with E-state index >= 15 is 0 Å². The normalized spacial score (nSPS) is 10.4. The topological polar surface area (TPSA) is 119 Å². The fourth-order valence-electron chi connectivity index (χ4n) is 2.24. The van der Waals surface area contributed by atoms with Gasteiger partial charge in [-0.2, -0.15) is 0 Å². The number of benzene rings is 2. The van der Waals surface area contributed by atoms with E-state index < -0.39 is 6.03 Å². The number of amides is 3. The summed E-state index contributed by atoms with van der Waals surface area (Å²) in [6, 6.07) is 11.4. The number of rotatable bonds is 3. The number of carbonyl (C=O) groups excluding carboxylic acids is 2. The molecule has 24 heavy (non-hydrogen) atoms. The Kier molecular flexibility index (Phi) is 4.02. The largest absolute Gasteiger partial charge is 0.326 e. The summed E-state index contributed by atoms with van der Waals surface area (Å²) in [5.74, 6) is -0.161. The number of nitrogens with one attached hydrogen (secondary N) is 5. The maximum atomic E-state index is 12.0. The molecule has 0 aliphatic heterocycles. The van der Waals surface area contributed by atoms with Crippen molar-refractivity contribution in [1.82, 2.24) is 9.97 Å². The zero-order valence-electron chi connectivity index (χ0n) is 12.8. The molecule has 8 heteroatoms. The lowest BCUT2D eigenvalue weighted by atomic mass is 10.2. The van der Waals surface area contributed by atoms with Crippen LogP contribution >= 0.6 is 0 Å². The van der Waals surface area contributed by atoms with E-state index in [2.05, 4.69) is 25.9 Å². The van der Waals surface area contributed by atoms with Crippen molar-refractivity contribution < 1.29 is 9.59 Å². The highest BCUT2D eigenvalue weighted by Gasteiger charge is 2.05. The average molecular weight is 325 g/mol. The first-order valence-electron chi connectivity index (χ1n) is 7.17. The number of urea groups is 1. The minimum atomic E-state index is -0.417. The minimum Gasteiger partial charge on any atom is -0.326 e. The van der Waals surface area contributed by atoms with Gasteiger partial charge in [0.15, 0.2) is 0 Å².